The highest BCUT2D eigenvalue weighted by Crippen LogP contribution is 2.54. The third-order valence-corrected chi connectivity index (χ3v) is 7.92. The first-order chi connectivity index (χ1) is 16.4. The lowest BCUT2D eigenvalue weighted by molar-refractivity contribution is -0.120. The number of hydrogen-bond donors (Lipinski definition) is 1. The van der Waals surface area contributed by atoms with E-state index >= 15 is 0 Å². The van der Waals surface area contributed by atoms with Crippen molar-refractivity contribution in [1.82, 2.24) is 4.98 Å². The molecule has 0 radical (unpaired) electrons. The third kappa shape index (κ3) is 4.29. The molecule has 176 valence electrons. The van der Waals surface area contributed by atoms with Gasteiger partial charge >= 0.3 is 5.97 Å². The number of rotatable bonds is 5. The van der Waals surface area contributed by atoms with Gasteiger partial charge in [-0.3, -0.25) is 9.78 Å². The summed E-state index contributed by atoms with van der Waals surface area (Å²) in [5.74, 6) is 1.29. The molecule has 3 aromatic rings. The summed E-state index contributed by atoms with van der Waals surface area (Å²) in [5, 5.41) is 3.92. The molecular formula is C28H29FN2O3. The number of anilines is 1. The molecule has 2 aromatic carbocycles. The lowest BCUT2D eigenvalue weighted by Crippen LogP contribution is -2.26. The zero-order chi connectivity index (χ0) is 23.8. The zero-order valence-electron chi connectivity index (χ0n) is 19.5. The van der Waals surface area contributed by atoms with Crippen LogP contribution in [0.15, 0.2) is 54.7 Å². The summed E-state index contributed by atoms with van der Waals surface area (Å²) in [6.07, 6.45) is 6.10. The van der Waals surface area contributed by atoms with Gasteiger partial charge in [0.2, 0.25) is 5.91 Å². The Morgan fingerprint density at radius 1 is 1.03 bits per heavy atom. The maximum absolute atomic E-state index is 13.9. The fourth-order valence-electron chi connectivity index (χ4n) is 6.10. The number of esters is 1. The molecule has 1 unspecified atom stereocenters. The highest BCUT2D eigenvalue weighted by molar-refractivity contribution is 5.94. The third-order valence-electron chi connectivity index (χ3n) is 7.92. The van der Waals surface area contributed by atoms with Crippen molar-refractivity contribution in [3.05, 3.63) is 71.7 Å². The Morgan fingerprint density at radius 3 is 2.41 bits per heavy atom. The van der Waals surface area contributed by atoms with Gasteiger partial charge in [-0.2, -0.15) is 0 Å². The van der Waals surface area contributed by atoms with E-state index in [1.54, 1.807) is 36.4 Å². The van der Waals surface area contributed by atoms with Crippen molar-refractivity contribution in [2.24, 2.45) is 23.7 Å². The van der Waals surface area contributed by atoms with Gasteiger partial charge in [0.05, 0.1) is 18.2 Å². The summed E-state index contributed by atoms with van der Waals surface area (Å²) in [5.41, 5.74) is 3.19. The number of pyridine rings is 1. The Hall–Kier alpha value is -3.28. The number of nitrogens with zero attached hydrogens (tertiary/aromatic N) is 1. The topological polar surface area (TPSA) is 68.3 Å². The Labute approximate surface area is 198 Å². The van der Waals surface area contributed by atoms with E-state index in [0.717, 1.165) is 36.6 Å². The van der Waals surface area contributed by atoms with E-state index in [0.29, 0.717) is 34.9 Å². The van der Waals surface area contributed by atoms with E-state index in [1.807, 2.05) is 19.2 Å². The summed E-state index contributed by atoms with van der Waals surface area (Å²) in [6.45, 7) is 2.01. The van der Waals surface area contributed by atoms with Gasteiger partial charge in [-0.1, -0.05) is 6.92 Å². The van der Waals surface area contributed by atoms with E-state index in [1.165, 1.54) is 18.7 Å². The van der Waals surface area contributed by atoms with E-state index in [4.69, 9.17) is 4.74 Å². The lowest BCUT2D eigenvalue weighted by Gasteiger charge is -2.21. The first kappa shape index (κ1) is 22.5. The van der Waals surface area contributed by atoms with Crippen LogP contribution in [0.3, 0.4) is 0 Å². The number of halogens is 1. The first-order valence-corrected chi connectivity index (χ1v) is 12.0. The molecule has 2 aliphatic carbocycles. The van der Waals surface area contributed by atoms with Gasteiger partial charge in [0.25, 0.3) is 0 Å². The minimum absolute atomic E-state index is 0.0166. The van der Waals surface area contributed by atoms with Gasteiger partial charge in [0.15, 0.2) is 0 Å². The monoisotopic (exact) mass is 460 g/mol. The van der Waals surface area contributed by atoms with Crippen LogP contribution in [-0.4, -0.2) is 24.0 Å². The summed E-state index contributed by atoms with van der Waals surface area (Å²) in [6, 6.07) is 13.6. The van der Waals surface area contributed by atoms with Gasteiger partial charge in [-0.15, -0.1) is 0 Å². The summed E-state index contributed by atoms with van der Waals surface area (Å²) in [4.78, 5) is 28.9. The van der Waals surface area contributed by atoms with Crippen LogP contribution >= 0.6 is 0 Å². The maximum Gasteiger partial charge on any atom is 0.337 e. The molecule has 1 heterocycles. The van der Waals surface area contributed by atoms with Crippen molar-refractivity contribution in [3.8, 4) is 0 Å². The molecule has 2 aliphatic rings. The van der Waals surface area contributed by atoms with E-state index in [-0.39, 0.29) is 17.6 Å². The largest absolute Gasteiger partial charge is 0.465 e. The molecule has 0 bridgehead atoms. The average molecular weight is 461 g/mol. The fraction of sp³-hybridized carbons (Fsp3) is 0.393. The number of nitrogens with one attached hydrogen (secondary N) is 1. The van der Waals surface area contributed by atoms with Gasteiger partial charge < -0.3 is 10.1 Å². The van der Waals surface area contributed by atoms with Gasteiger partial charge in [-0.25, -0.2) is 9.18 Å². The Balaban J connectivity index is 1.21. The van der Waals surface area contributed by atoms with Crippen LogP contribution in [0.2, 0.25) is 0 Å². The van der Waals surface area contributed by atoms with E-state index < -0.39 is 5.97 Å². The molecule has 5 atom stereocenters. The minimum Gasteiger partial charge on any atom is -0.465 e. The second-order valence-corrected chi connectivity index (χ2v) is 9.83. The Kier molecular flexibility index (Phi) is 6.07. The standard InChI is InChI=1S/C28H29FN2O3/c1-16(27(32)31-23-6-3-17(4-7-23)28(33)34-2)18-11-19-13-21(14-20(19)12-18)24-9-10-30-26-8-5-22(29)15-25(24)26/h3-10,15-16,18-21H,11-14H2,1-2H3,(H,31,32)/t16?,18-,19-,20+,21+. The van der Waals surface area contributed by atoms with Gasteiger partial charge in [0, 0.05) is 23.2 Å². The van der Waals surface area contributed by atoms with Crippen LogP contribution in [0.1, 0.15) is 54.4 Å². The van der Waals surface area contributed by atoms with Crippen LogP contribution in [0, 0.1) is 29.5 Å². The predicted octanol–water partition coefficient (Wildman–Crippen LogP) is 5.96. The number of carbonyl (C=O) groups is 2. The number of fused-ring (bicyclic) bond motifs is 2. The van der Waals surface area contributed by atoms with Crippen LogP contribution in [0.25, 0.3) is 10.9 Å². The number of benzene rings is 2. The second-order valence-electron chi connectivity index (χ2n) is 9.83. The number of ether oxygens (including phenoxy) is 1. The second kappa shape index (κ2) is 9.16. The molecule has 1 aromatic heterocycles. The molecule has 0 spiro atoms. The van der Waals surface area contributed by atoms with Crippen molar-refractivity contribution in [1.29, 1.82) is 0 Å². The van der Waals surface area contributed by atoms with E-state index in [2.05, 4.69) is 10.3 Å². The van der Waals surface area contributed by atoms with Crippen molar-refractivity contribution >= 4 is 28.5 Å². The molecule has 5 rings (SSSR count). The molecule has 2 fully saturated rings. The zero-order valence-corrected chi connectivity index (χ0v) is 19.5. The van der Waals surface area contributed by atoms with Crippen molar-refractivity contribution < 1.29 is 18.7 Å². The molecule has 0 saturated heterocycles. The van der Waals surface area contributed by atoms with Crippen LogP contribution < -0.4 is 5.32 Å². The normalized spacial score (nSPS) is 24.6. The van der Waals surface area contributed by atoms with Crippen LogP contribution in [0.4, 0.5) is 10.1 Å². The molecule has 2 saturated carbocycles. The average Bonchev–Trinajstić information content (AvgIpc) is 3.42. The molecule has 0 aliphatic heterocycles. The lowest BCUT2D eigenvalue weighted by atomic mass is 9.86. The van der Waals surface area contributed by atoms with Crippen molar-refractivity contribution in [3.63, 3.8) is 0 Å². The fourth-order valence-corrected chi connectivity index (χ4v) is 6.10. The molecule has 6 heteroatoms. The molecule has 34 heavy (non-hydrogen) atoms. The van der Waals surface area contributed by atoms with Gasteiger partial charge in [-0.05, 0) is 103 Å². The molecular weight excluding hydrogens is 431 g/mol. The number of amides is 1. The minimum atomic E-state index is -0.396. The quantitative estimate of drug-likeness (QED) is 0.478. The van der Waals surface area contributed by atoms with Crippen LogP contribution in [-0.2, 0) is 9.53 Å². The van der Waals surface area contributed by atoms with Crippen molar-refractivity contribution in [2.75, 3.05) is 12.4 Å². The first-order valence-electron chi connectivity index (χ1n) is 12.0. The van der Waals surface area contributed by atoms with Crippen LogP contribution in [0.5, 0.6) is 0 Å². The Bertz CT molecular complexity index is 1210. The number of methoxy groups -OCH3 is 1. The highest BCUT2D eigenvalue weighted by atomic mass is 19.1. The highest BCUT2D eigenvalue weighted by Gasteiger charge is 2.44. The smallest absolute Gasteiger partial charge is 0.337 e. The molecule has 1 N–H and O–H groups in total. The number of aromatic nitrogens is 1. The summed E-state index contributed by atoms with van der Waals surface area (Å²) in [7, 11) is 1.35. The predicted molar refractivity (Wildman–Crippen MR) is 129 cm³/mol. The molecule has 5 nitrogen and oxygen atoms in total. The van der Waals surface area contributed by atoms with Crippen molar-refractivity contribution in [2.45, 2.75) is 38.5 Å². The SMILES string of the molecule is COC(=O)c1ccc(NC(=O)C(C)[C@H]2C[C@H]3C[C@@H](c4ccnc5ccc(F)cc45)C[C@H]3C2)cc1. The number of carbonyl (C=O) groups excluding carboxylic acids is 2. The summed E-state index contributed by atoms with van der Waals surface area (Å²) < 4.78 is 18.6. The Morgan fingerprint density at radius 2 is 1.74 bits per heavy atom. The summed E-state index contributed by atoms with van der Waals surface area (Å²) >= 11 is 0. The number of hydrogen-bond acceptors (Lipinski definition) is 4. The van der Waals surface area contributed by atoms with E-state index in [9.17, 15) is 14.0 Å². The van der Waals surface area contributed by atoms with Gasteiger partial charge in [0.1, 0.15) is 5.82 Å². The maximum atomic E-state index is 13.9. The molecule has 1 amide bonds.